The quantitative estimate of drug-likeness (QED) is 0.421. The van der Waals surface area contributed by atoms with E-state index in [1.807, 2.05) is 93.6 Å². The molecular formula is C26H24N4O. The normalized spacial score (nSPS) is 10.5. The molecular weight excluding hydrogens is 384 g/mol. The van der Waals surface area contributed by atoms with Crippen molar-refractivity contribution in [1.29, 1.82) is 0 Å². The predicted molar refractivity (Wildman–Crippen MR) is 126 cm³/mol. The van der Waals surface area contributed by atoms with Gasteiger partial charge in [0.25, 0.3) is 5.91 Å². The molecule has 5 heteroatoms. The Labute approximate surface area is 182 Å². The molecule has 1 aromatic heterocycles. The minimum Gasteiger partial charge on any atom is -0.340 e. The second-order valence-electron chi connectivity index (χ2n) is 7.46. The first-order valence-corrected chi connectivity index (χ1v) is 10.2. The topological polar surface area (TPSA) is 66.9 Å². The Kier molecular flexibility index (Phi) is 5.76. The summed E-state index contributed by atoms with van der Waals surface area (Å²) in [6.45, 7) is 5.90. The minimum absolute atomic E-state index is 0.152. The van der Waals surface area contributed by atoms with E-state index in [1.165, 1.54) is 0 Å². The summed E-state index contributed by atoms with van der Waals surface area (Å²) in [5.41, 5.74) is 6.25. The molecule has 1 amide bonds. The number of nitrogens with zero attached hydrogens (tertiary/aromatic N) is 2. The van der Waals surface area contributed by atoms with Crippen LogP contribution in [-0.4, -0.2) is 15.9 Å². The van der Waals surface area contributed by atoms with E-state index in [9.17, 15) is 4.79 Å². The van der Waals surface area contributed by atoms with Crippen LogP contribution in [0.4, 0.5) is 17.2 Å². The van der Waals surface area contributed by atoms with E-state index in [-0.39, 0.29) is 5.91 Å². The number of hydrogen-bond donors (Lipinski definition) is 2. The van der Waals surface area contributed by atoms with Crippen LogP contribution in [0.1, 0.15) is 27.3 Å². The molecule has 0 atom stereocenters. The number of amides is 1. The van der Waals surface area contributed by atoms with Gasteiger partial charge in [-0.25, -0.2) is 9.97 Å². The molecule has 0 aliphatic rings. The van der Waals surface area contributed by atoms with E-state index < -0.39 is 0 Å². The van der Waals surface area contributed by atoms with Crippen LogP contribution in [0.15, 0.2) is 78.9 Å². The fourth-order valence-corrected chi connectivity index (χ4v) is 3.36. The van der Waals surface area contributed by atoms with E-state index in [2.05, 4.69) is 20.6 Å². The average Bonchev–Trinajstić information content (AvgIpc) is 2.77. The van der Waals surface area contributed by atoms with Gasteiger partial charge in [0.1, 0.15) is 11.6 Å². The SMILES string of the molecule is Cc1nc(Nc2cccc(C(=O)Nc3cccc(C)c3C)c2)cc(-c2ccccc2)n1. The summed E-state index contributed by atoms with van der Waals surface area (Å²) < 4.78 is 0. The highest BCUT2D eigenvalue weighted by molar-refractivity contribution is 6.05. The number of aryl methyl sites for hydroxylation is 2. The molecule has 2 N–H and O–H groups in total. The summed E-state index contributed by atoms with van der Waals surface area (Å²) in [7, 11) is 0. The third-order valence-electron chi connectivity index (χ3n) is 5.16. The molecule has 0 radical (unpaired) electrons. The number of carbonyl (C=O) groups is 1. The van der Waals surface area contributed by atoms with Gasteiger partial charge in [0, 0.05) is 28.6 Å². The molecule has 5 nitrogen and oxygen atoms in total. The summed E-state index contributed by atoms with van der Waals surface area (Å²) in [5.74, 6) is 1.20. The molecule has 1 heterocycles. The first-order valence-electron chi connectivity index (χ1n) is 10.2. The van der Waals surface area contributed by atoms with Crippen molar-refractivity contribution < 1.29 is 4.79 Å². The molecule has 0 saturated carbocycles. The Hall–Kier alpha value is -3.99. The van der Waals surface area contributed by atoms with Crippen molar-refractivity contribution in [1.82, 2.24) is 9.97 Å². The van der Waals surface area contributed by atoms with E-state index in [0.717, 1.165) is 33.8 Å². The van der Waals surface area contributed by atoms with Gasteiger partial charge < -0.3 is 10.6 Å². The lowest BCUT2D eigenvalue weighted by Crippen LogP contribution is -2.13. The zero-order chi connectivity index (χ0) is 21.8. The van der Waals surface area contributed by atoms with Crippen molar-refractivity contribution in [3.8, 4) is 11.3 Å². The highest BCUT2D eigenvalue weighted by Gasteiger charge is 2.10. The van der Waals surface area contributed by atoms with Gasteiger partial charge >= 0.3 is 0 Å². The fraction of sp³-hybridized carbons (Fsp3) is 0.115. The van der Waals surface area contributed by atoms with Gasteiger partial charge in [-0.1, -0.05) is 48.5 Å². The van der Waals surface area contributed by atoms with Gasteiger partial charge in [0.15, 0.2) is 0 Å². The lowest BCUT2D eigenvalue weighted by Gasteiger charge is -2.12. The summed E-state index contributed by atoms with van der Waals surface area (Å²) in [5, 5.41) is 6.31. The van der Waals surface area contributed by atoms with Gasteiger partial charge in [-0.05, 0) is 56.2 Å². The first kappa shape index (κ1) is 20.3. The zero-order valence-electron chi connectivity index (χ0n) is 17.8. The standard InChI is InChI=1S/C26H24N4O/c1-17-9-7-14-23(18(17)2)30-26(31)21-12-8-13-22(15-21)29-25-16-24(27-19(3)28-25)20-10-5-4-6-11-20/h4-16H,1-3H3,(H,30,31)(H,27,28,29). The van der Waals surface area contributed by atoms with Crippen molar-refractivity contribution in [3.63, 3.8) is 0 Å². The first-order chi connectivity index (χ1) is 15.0. The van der Waals surface area contributed by atoms with E-state index in [4.69, 9.17) is 0 Å². The molecule has 0 aliphatic carbocycles. The van der Waals surface area contributed by atoms with Gasteiger partial charge in [-0.3, -0.25) is 4.79 Å². The third kappa shape index (κ3) is 4.78. The van der Waals surface area contributed by atoms with Crippen LogP contribution in [0.3, 0.4) is 0 Å². The second-order valence-corrected chi connectivity index (χ2v) is 7.46. The number of nitrogens with one attached hydrogen (secondary N) is 2. The Morgan fingerprint density at radius 1 is 0.806 bits per heavy atom. The number of benzene rings is 3. The van der Waals surface area contributed by atoms with Crippen molar-refractivity contribution in [2.75, 3.05) is 10.6 Å². The molecule has 0 aliphatic heterocycles. The van der Waals surface area contributed by atoms with E-state index >= 15 is 0 Å². The van der Waals surface area contributed by atoms with Crippen molar-refractivity contribution in [2.24, 2.45) is 0 Å². The third-order valence-corrected chi connectivity index (χ3v) is 5.16. The molecule has 31 heavy (non-hydrogen) atoms. The lowest BCUT2D eigenvalue weighted by molar-refractivity contribution is 0.102. The Balaban J connectivity index is 1.56. The molecule has 0 fully saturated rings. The lowest BCUT2D eigenvalue weighted by atomic mass is 10.1. The van der Waals surface area contributed by atoms with E-state index in [1.54, 1.807) is 6.07 Å². The fourth-order valence-electron chi connectivity index (χ4n) is 3.36. The summed E-state index contributed by atoms with van der Waals surface area (Å²) in [4.78, 5) is 21.8. The van der Waals surface area contributed by atoms with Gasteiger partial charge in [0.2, 0.25) is 0 Å². The number of aromatic nitrogens is 2. The Morgan fingerprint density at radius 3 is 2.39 bits per heavy atom. The number of hydrogen-bond acceptors (Lipinski definition) is 4. The number of rotatable bonds is 5. The van der Waals surface area contributed by atoms with Crippen LogP contribution in [0.25, 0.3) is 11.3 Å². The highest BCUT2D eigenvalue weighted by atomic mass is 16.1. The van der Waals surface area contributed by atoms with E-state index in [0.29, 0.717) is 17.2 Å². The summed E-state index contributed by atoms with van der Waals surface area (Å²) >= 11 is 0. The van der Waals surface area contributed by atoms with Crippen LogP contribution in [-0.2, 0) is 0 Å². The van der Waals surface area contributed by atoms with Crippen molar-refractivity contribution >= 4 is 23.1 Å². The van der Waals surface area contributed by atoms with Crippen LogP contribution in [0, 0.1) is 20.8 Å². The van der Waals surface area contributed by atoms with Gasteiger partial charge in [0.05, 0.1) is 5.69 Å². The molecule has 154 valence electrons. The zero-order valence-corrected chi connectivity index (χ0v) is 17.8. The molecule has 4 aromatic rings. The summed E-state index contributed by atoms with van der Waals surface area (Å²) in [6, 6.07) is 25.2. The number of carbonyl (C=O) groups excluding carboxylic acids is 1. The monoisotopic (exact) mass is 408 g/mol. The maximum atomic E-state index is 12.8. The molecule has 0 spiro atoms. The van der Waals surface area contributed by atoms with Crippen LogP contribution < -0.4 is 10.6 Å². The maximum absolute atomic E-state index is 12.8. The van der Waals surface area contributed by atoms with Crippen LogP contribution in [0.5, 0.6) is 0 Å². The maximum Gasteiger partial charge on any atom is 0.255 e. The van der Waals surface area contributed by atoms with Crippen molar-refractivity contribution in [3.05, 3.63) is 101 Å². The molecule has 0 bridgehead atoms. The van der Waals surface area contributed by atoms with Crippen LogP contribution >= 0.6 is 0 Å². The molecule has 3 aromatic carbocycles. The highest BCUT2D eigenvalue weighted by Crippen LogP contribution is 2.23. The molecule has 0 unspecified atom stereocenters. The Morgan fingerprint density at radius 2 is 1.58 bits per heavy atom. The number of anilines is 3. The minimum atomic E-state index is -0.152. The molecule has 0 saturated heterocycles. The second kappa shape index (κ2) is 8.79. The van der Waals surface area contributed by atoms with Gasteiger partial charge in [-0.15, -0.1) is 0 Å². The predicted octanol–water partition coefficient (Wildman–Crippen LogP) is 6.06. The Bertz CT molecular complexity index is 1240. The average molecular weight is 409 g/mol. The summed E-state index contributed by atoms with van der Waals surface area (Å²) in [6.07, 6.45) is 0. The van der Waals surface area contributed by atoms with Gasteiger partial charge in [-0.2, -0.15) is 0 Å². The molecule has 4 rings (SSSR count). The van der Waals surface area contributed by atoms with Crippen molar-refractivity contribution in [2.45, 2.75) is 20.8 Å². The largest absolute Gasteiger partial charge is 0.340 e. The smallest absolute Gasteiger partial charge is 0.255 e. The van der Waals surface area contributed by atoms with Crippen LogP contribution in [0.2, 0.25) is 0 Å².